The van der Waals surface area contributed by atoms with Gasteiger partial charge >= 0.3 is 6.09 Å². The molecule has 1 aliphatic heterocycles. The Morgan fingerprint density at radius 1 is 1.10 bits per heavy atom. The van der Waals surface area contributed by atoms with Crippen LogP contribution in [0.25, 0.3) is 22.2 Å². The third-order valence-electron chi connectivity index (χ3n) is 10.5. The molecule has 2 heterocycles. The summed E-state index contributed by atoms with van der Waals surface area (Å²) in [6, 6.07) is 13.8. The number of ether oxygens (including phenoxy) is 3. The van der Waals surface area contributed by atoms with Crippen LogP contribution in [0.2, 0.25) is 0 Å². The molecule has 1 aromatic heterocycles. The van der Waals surface area contributed by atoms with Crippen molar-refractivity contribution < 1.29 is 46.6 Å². The number of methoxy groups -OCH3 is 1. The number of pyridine rings is 1. The van der Waals surface area contributed by atoms with Crippen molar-refractivity contribution in [3.8, 4) is 34.6 Å². The molecule has 0 spiro atoms. The van der Waals surface area contributed by atoms with Gasteiger partial charge in [0.15, 0.2) is 0 Å². The summed E-state index contributed by atoms with van der Waals surface area (Å²) in [4.78, 5) is 76.1. The minimum atomic E-state index is -3.96. The van der Waals surface area contributed by atoms with Gasteiger partial charge in [0.1, 0.15) is 40.8 Å². The Bertz CT molecular complexity index is 2370. The number of nitrogens with zero attached hydrogens (tertiary/aromatic N) is 3. The fourth-order valence-corrected chi connectivity index (χ4v) is 8.49. The lowest BCUT2D eigenvalue weighted by atomic mass is 10.1. The minimum absolute atomic E-state index is 0.0791. The van der Waals surface area contributed by atoms with E-state index in [2.05, 4.69) is 33.8 Å². The summed E-state index contributed by atoms with van der Waals surface area (Å²) in [5, 5.41) is 5.27. The highest BCUT2D eigenvalue weighted by Crippen LogP contribution is 2.45. The number of alkyl carbamates (subject to hydrolysis) is 1. The van der Waals surface area contributed by atoms with Gasteiger partial charge in [0, 0.05) is 42.5 Å². The summed E-state index contributed by atoms with van der Waals surface area (Å²) in [7, 11) is -1.00. The normalized spacial score (nSPS) is 21.4. The maximum atomic E-state index is 14.8. The van der Waals surface area contributed by atoms with Crippen LogP contribution in [-0.2, 0) is 33.9 Å². The Labute approximate surface area is 349 Å². The van der Waals surface area contributed by atoms with E-state index in [0.29, 0.717) is 40.9 Å². The van der Waals surface area contributed by atoms with Gasteiger partial charge in [0.2, 0.25) is 21.8 Å². The predicted molar refractivity (Wildman–Crippen MR) is 222 cm³/mol. The molecule has 0 bridgehead atoms. The van der Waals surface area contributed by atoms with Crippen LogP contribution in [0.3, 0.4) is 0 Å². The molecule has 318 valence electrons. The molecule has 0 radical (unpaired) electrons. The Hall–Kier alpha value is -6.15. The van der Waals surface area contributed by atoms with Crippen molar-refractivity contribution in [3.05, 3.63) is 67.3 Å². The van der Waals surface area contributed by atoms with Gasteiger partial charge in [0.25, 0.3) is 11.8 Å². The zero-order valence-electron chi connectivity index (χ0n) is 34.4. The smallest absolute Gasteiger partial charge is 0.408 e. The number of carbonyl (C=O) groups is 5. The van der Waals surface area contributed by atoms with Gasteiger partial charge in [-0.3, -0.25) is 23.9 Å². The number of hydrogen-bond donors (Lipinski definition) is 3. The number of likely N-dealkylation sites (N-methyl/N-ethyl adjacent to an activating group) is 1. The molecular weight excluding hydrogens is 793 g/mol. The number of sulfonamides is 1. The summed E-state index contributed by atoms with van der Waals surface area (Å²) in [6.07, 6.45) is 0.538. The van der Waals surface area contributed by atoms with Gasteiger partial charge in [-0.25, -0.2) is 18.2 Å². The van der Waals surface area contributed by atoms with Crippen LogP contribution in [0.1, 0.15) is 53.4 Å². The molecule has 2 aromatic carbocycles. The number of rotatable bonds is 14. The molecule has 5 amide bonds. The molecule has 17 heteroatoms. The topological polar surface area (TPSA) is 203 Å². The van der Waals surface area contributed by atoms with Crippen molar-refractivity contribution in [1.82, 2.24) is 30.1 Å². The SMILES string of the molecule is C=C[C@@H]1C[C@]1(NC(=O)[C@@H]1C[C@@H](Oc2cc(-c3ccccc3)nc3cc(OC)ccc23)CN1C(=O)[C@H](CN(C)C(=O)C#CC)NC(=O)OC(C)(C)C)C(=O)NS(=O)(=O)C1CC1. The van der Waals surface area contributed by atoms with Crippen LogP contribution >= 0.6 is 0 Å². The van der Waals surface area contributed by atoms with E-state index in [0.717, 1.165) is 10.5 Å². The average molecular weight is 843 g/mol. The first-order valence-electron chi connectivity index (χ1n) is 19.6. The first kappa shape index (κ1) is 43.4. The first-order chi connectivity index (χ1) is 28.4. The molecule has 0 unspecified atom stereocenters. The maximum Gasteiger partial charge on any atom is 0.408 e. The zero-order chi connectivity index (χ0) is 43.6. The number of fused-ring (bicyclic) bond motifs is 1. The van der Waals surface area contributed by atoms with Gasteiger partial charge < -0.3 is 34.6 Å². The summed E-state index contributed by atoms with van der Waals surface area (Å²) in [5.74, 6) is 2.29. The summed E-state index contributed by atoms with van der Waals surface area (Å²) in [5.41, 5.74) is -0.614. The standard InChI is InChI=1S/C43H50N6O10S/c1-8-13-37(50)48(6)25-34(45-41(54)59-42(3,4)5)39(52)49-24-29(21-35(49)38(51)46-43(23-27(43)9-2)40(53)47-60(55,56)30-17-18-30)58-36-22-32(26-14-11-10-12-15-26)44-33-20-28(57-7)16-19-31(33)36/h9-12,14-16,19-20,22,27,29-30,34-35H,2,17-18,21,23-25H2,1,3-7H3,(H,45,54)(H,46,51)(H,47,53)/t27-,29-,34+,35+,43-/m1/s1. The van der Waals surface area contributed by atoms with E-state index in [4.69, 9.17) is 19.2 Å². The van der Waals surface area contributed by atoms with Crippen LogP contribution in [0.15, 0.2) is 67.3 Å². The molecule has 3 aliphatic rings. The highest BCUT2D eigenvalue weighted by molar-refractivity contribution is 7.91. The third kappa shape index (κ3) is 9.82. The van der Waals surface area contributed by atoms with Crippen LogP contribution in [0.5, 0.6) is 11.5 Å². The molecule has 3 aromatic rings. The molecule has 5 atom stereocenters. The Balaban J connectivity index is 1.36. The minimum Gasteiger partial charge on any atom is -0.497 e. The van der Waals surface area contributed by atoms with Gasteiger partial charge in [0.05, 0.1) is 36.7 Å². The lowest BCUT2D eigenvalue weighted by Crippen LogP contribution is -2.60. The van der Waals surface area contributed by atoms with Crippen LogP contribution in [0, 0.1) is 17.8 Å². The van der Waals surface area contributed by atoms with Crippen molar-refractivity contribution in [2.45, 2.75) is 88.0 Å². The number of hydrogen-bond acceptors (Lipinski definition) is 11. The van der Waals surface area contributed by atoms with Crippen molar-refractivity contribution in [2.75, 3.05) is 27.2 Å². The van der Waals surface area contributed by atoms with E-state index in [1.54, 1.807) is 52.1 Å². The number of likely N-dealkylation sites (tertiary alicyclic amines) is 1. The Morgan fingerprint density at radius 3 is 2.43 bits per heavy atom. The van der Waals surface area contributed by atoms with Gasteiger partial charge in [-0.1, -0.05) is 42.3 Å². The monoisotopic (exact) mass is 842 g/mol. The van der Waals surface area contributed by atoms with Crippen molar-refractivity contribution in [2.24, 2.45) is 5.92 Å². The summed E-state index contributed by atoms with van der Waals surface area (Å²) in [6.45, 7) is 9.69. The fraction of sp³-hybridized carbons (Fsp3) is 0.442. The van der Waals surface area contributed by atoms with E-state index < -0.39 is 80.2 Å². The number of aromatic nitrogens is 1. The number of benzene rings is 2. The number of amides is 5. The highest BCUT2D eigenvalue weighted by Gasteiger charge is 2.62. The van der Waals surface area contributed by atoms with Crippen LogP contribution in [-0.4, -0.2) is 115 Å². The summed E-state index contributed by atoms with van der Waals surface area (Å²) < 4.78 is 45.4. The van der Waals surface area contributed by atoms with E-state index >= 15 is 0 Å². The van der Waals surface area contributed by atoms with Gasteiger partial charge in [-0.05, 0) is 65.0 Å². The molecule has 3 N–H and O–H groups in total. The predicted octanol–water partition coefficient (Wildman–Crippen LogP) is 3.30. The molecule has 6 rings (SSSR count). The third-order valence-corrected chi connectivity index (χ3v) is 12.3. The lowest BCUT2D eigenvalue weighted by molar-refractivity contribution is -0.141. The zero-order valence-corrected chi connectivity index (χ0v) is 35.3. The van der Waals surface area contributed by atoms with E-state index in [1.165, 1.54) is 24.9 Å². The Kier molecular flexibility index (Phi) is 12.5. The second-order valence-electron chi connectivity index (χ2n) is 16.2. The Morgan fingerprint density at radius 2 is 1.82 bits per heavy atom. The lowest BCUT2D eigenvalue weighted by Gasteiger charge is -2.31. The van der Waals surface area contributed by atoms with Crippen LogP contribution < -0.4 is 24.8 Å². The molecule has 60 heavy (non-hydrogen) atoms. The molecule has 16 nitrogen and oxygen atoms in total. The number of nitrogens with one attached hydrogen (secondary N) is 3. The quantitative estimate of drug-likeness (QED) is 0.159. The average Bonchev–Trinajstić information content (AvgIpc) is 4.13. The molecule has 3 fully saturated rings. The van der Waals surface area contributed by atoms with Crippen molar-refractivity contribution >= 4 is 50.6 Å². The maximum absolute atomic E-state index is 14.8. The molecule has 2 saturated carbocycles. The van der Waals surface area contributed by atoms with Gasteiger partial charge in [-0.15, -0.1) is 6.58 Å². The molecule has 2 aliphatic carbocycles. The van der Waals surface area contributed by atoms with Gasteiger partial charge in [-0.2, -0.15) is 0 Å². The van der Waals surface area contributed by atoms with E-state index in [9.17, 15) is 32.4 Å². The molecular formula is C43H50N6O10S. The van der Waals surface area contributed by atoms with Crippen LogP contribution in [0.4, 0.5) is 4.79 Å². The summed E-state index contributed by atoms with van der Waals surface area (Å²) >= 11 is 0. The van der Waals surface area contributed by atoms with E-state index in [1.807, 2.05) is 30.3 Å². The highest BCUT2D eigenvalue weighted by atomic mass is 32.2. The molecule has 1 saturated heterocycles. The van der Waals surface area contributed by atoms with E-state index in [-0.39, 0.29) is 25.9 Å². The second-order valence-corrected chi connectivity index (χ2v) is 18.1. The van der Waals surface area contributed by atoms with Crippen molar-refractivity contribution in [3.63, 3.8) is 0 Å². The number of carbonyl (C=O) groups excluding carboxylic acids is 5. The fourth-order valence-electron chi connectivity index (χ4n) is 7.13. The van der Waals surface area contributed by atoms with Crippen molar-refractivity contribution in [1.29, 1.82) is 0 Å². The largest absolute Gasteiger partial charge is 0.497 e. The first-order valence-corrected chi connectivity index (χ1v) is 21.1. The second kappa shape index (κ2) is 17.2.